The highest BCUT2D eigenvalue weighted by molar-refractivity contribution is 7.11. The van der Waals surface area contributed by atoms with E-state index in [2.05, 4.69) is 46.9 Å². The molecule has 0 fully saturated rings. The molecule has 0 aromatic carbocycles. The molecule has 0 aliphatic rings. The largest absolute Gasteiger partial charge is 0.312 e. The Kier molecular flexibility index (Phi) is 6.48. The fourth-order valence-electron chi connectivity index (χ4n) is 2.27. The Balaban J connectivity index is 2.98. The molecule has 0 aliphatic carbocycles. The van der Waals surface area contributed by atoms with Gasteiger partial charge in [-0.1, -0.05) is 41.5 Å². The van der Waals surface area contributed by atoms with E-state index >= 15 is 0 Å². The van der Waals surface area contributed by atoms with Gasteiger partial charge >= 0.3 is 0 Å². The van der Waals surface area contributed by atoms with Crippen molar-refractivity contribution in [2.75, 3.05) is 6.54 Å². The van der Waals surface area contributed by atoms with Gasteiger partial charge in [0.1, 0.15) is 0 Å². The lowest BCUT2D eigenvalue weighted by Gasteiger charge is -2.18. The van der Waals surface area contributed by atoms with E-state index in [0.29, 0.717) is 5.92 Å². The molecular weight excluding hydrogens is 252 g/mol. The molecule has 1 aromatic rings. The van der Waals surface area contributed by atoms with Crippen molar-refractivity contribution >= 4 is 11.3 Å². The summed E-state index contributed by atoms with van der Waals surface area (Å²) in [5.41, 5.74) is 1.44. The molecule has 1 aromatic heterocycles. The second kappa shape index (κ2) is 7.39. The number of aromatic nitrogens is 1. The second-order valence-corrected chi connectivity index (χ2v) is 7.38. The van der Waals surface area contributed by atoms with E-state index in [4.69, 9.17) is 4.98 Å². The summed E-state index contributed by atoms with van der Waals surface area (Å²) < 4.78 is 0. The molecule has 0 saturated carbocycles. The lowest BCUT2D eigenvalue weighted by molar-refractivity contribution is 0.550. The zero-order chi connectivity index (χ0) is 14.5. The van der Waals surface area contributed by atoms with Gasteiger partial charge in [0.25, 0.3) is 0 Å². The fraction of sp³-hybridized carbons (Fsp3) is 0.812. The number of nitrogens with zero attached hydrogens (tertiary/aromatic N) is 1. The van der Waals surface area contributed by atoms with Crippen molar-refractivity contribution < 1.29 is 0 Å². The van der Waals surface area contributed by atoms with E-state index in [1.807, 2.05) is 11.3 Å². The van der Waals surface area contributed by atoms with Gasteiger partial charge in [0.05, 0.1) is 10.7 Å². The van der Waals surface area contributed by atoms with Crippen LogP contribution in [0.25, 0.3) is 0 Å². The van der Waals surface area contributed by atoms with Crippen molar-refractivity contribution in [2.24, 2.45) is 0 Å². The van der Waals surface area contributed by atoms with Crippen LogP contribution in [-0.4, -0.2) is 11.5 Å². The summed E-state index contributed by atoms with van der Waals surface area (Å²) in [7, 11) is 0. The number of hydrogen-bond donors (Lipinski definition) is 1. The second-order valence-electron chi connectivity index (χ2n) is 6.26. The number of rotatable bonds is 7. The Bertz CT molecular complexity index is 373. The van der Waals surface area contributed by atoms with Crippen molar-refractivity contribution in [3.8, 4) is 0 Å². The van der Waals surface area contributed by atoms with Crippen LogP contribution in [-0.2, 0) is 12.0 Å². The van der Waals surface area contributed by atoms with Crippen LogP contribution >= 0.6 is 11.3 Å². The van der Waals surface area contributed by atoms with Crippen LogP contribution in [0.4, 0.5) is 0 Å². The Labute approximate surface area is 123 Å². The molecule has 0 atom stereocenters. The zero-order valence-electron chi connectivity index (χ0n) is 13.5. The van der Waals surface area contributed by atoms with Crippen LogP contribution in [0.15, 0.2) is 0 Å². The van der Waals surface area contributed by atoms with Gasteiger partial charge in [-0.15, -0.1) is 11.3 Å². The first-order valence-electron chi connectivity index (χ1n) is 7.64. The molecule has 1 N–H and O–H groups in total. The average Bonchev–Trinajstić information content (AvgIpc) is 2.75. The van der Waals surface area contributed by atoms with E-state index in [9.17, 15) is 0 Å². The molecule has 2 nitrogen and oxygen atoms in total. The predicted molar refractivity (Wildman–Crippen MR) is 86.1 cm³/mol. The maximum atomic E-state index is 4.98. The van der Waals surface area contributed by atoms with Crippen LogP contribution in [0.2, 0.25) is 0 Å². The minimum absolute atomic E-state index is 0.143. The van der Waals surface area contributed by atoms with Gasteiger partial charge in [0.15, 0.2) is 0 Å². The monoisotopic (exact) mass is 282 g/mol. The summed E-state index contributed by atoms with van der Waals surface area (Å²) in [5.74, 6) is 0.631. The van der Waals surface area contributed by atoms with Crippen LogP contribution < -0.4 is 5.32 Å². The Morgan fingerprint density at radius 2 is 1.79 bits per heavy atom. The minimum Gasteiger partial charge on any atom is -0.312 e. The highest BCUT2D eigenvalue weighted by Crippen LogP contribution is 2.34. The lowest BCUT2D eigenvalue weighted by atomic mass is 9.91. The van der Waals surface area contributed by atoms with Crippen molar-refractivity contribution in [2.45, 2.75) is 78.7 Å². The first-order valence-corrected chi connectivity index (χ1v) is 8.46. The summed E-state index contributed by atoms with van der Waals surface area (Å²) in [6.45, 7) is 15.6. The van der Waals surface area contributed by atoms with Crippen LogP contribution in [0.1, 0.15) is 82.3 Å². The summed E-state index contributed by atoms with van der Waals surface area (Å²) in [4.78, 5) is 6.41. The van der Waals surface area contributed by atoms with Gasteiger partial charge in [-0.2, -0.15) is 0 Å². The summed E-state index contributed by atoms with van der Waals surface area (Å²) in [6.07, 6.45) is 3.56. The van der Waals surface area contributed by atoms with Crippen molar-refractivity contribution in [3.63, 3.8) is 0 Å². The van der Waals surface area contributed by atoms with E-state index in [1.54, 1.807) is 0 Å². The minimum atomic E-state index is 0.143. The third kappa shape index (κ3) is 4.57. The molecule has 3 heteroatoms. The molecule has 0 bridgehead atoms. The van der Waals surface area contributed by atoms with Gasteiger partial charge < -0.3 is 5.32 Å². The summed E-state index contributed by atoms with van der Waals surface area (Å²) >= 11 is 1.92. The highest BCUT2D eigenvalue weighted by Gasteiger charge is 2.24. The van der Waals surface area contributed by atoms with Gasteiger partial charge in [-0.3, -0.25) is 0 Å². The van der Waals surface area contributed by atoms with Crippen molar-refractivity contribution in [3.05, 3.63) is 15.6 Å². The molecule has 1 heterocycles. The normalized spacial score (nSPS) is 12.4. The predicted octanol–water partition coefficient (Wildman–Crippen LogP) is 4.84. The highest BCUT2D eigenvalue weighted by atomic mass is 32.1. The quantitative estimate of drug-likeness (QED) is 0.724. The van der Waals surface area contributed by atoms with Crippen LogP contribution in [0.3, 0.4) is 0 Å². The maximum Gasteiger partial charge on any atom is 0.0962 e. The molecular formula is C16H30N2S. The zero-order valence-corrected chi connectivity index (χ0v) is 14.3. The average molecular weight is 282 g/mol. The third-order valence-corrected chi connectivity index (χ3v) is 4.69. The topological polar surface area (TPSA) is 24.9 Å². The lowest BCUT2D eigenvalue weighted by Crippen LogP contribution is -2.19. The maximum absolute atomic E-state index is 4.98. The molecule has 110 valence electrons. The summed E-state index contributed by atoms with van der Waals surface area (Å²) in [6, 6.07) is 0. The fourth-order valence-corrected chi connectivity index (χ4v) is 3.78. The van der Waals surface area contributed by atoms with Crippen LogP contribution in [0, 0.1) is 0 Å². The molecule has 19 heavy (non-hydrogen) atoms. The Hall–Kier alpha value is -0.410. The third-order valence-electron chi connectivity index (χ3n) is 3.47. The van der Waals surface area contributed by atoms with E-state index in [-0.39, 0.29) is 5.41 Å². The molecule has 0 saturated heterocycles. The smallest absolute Gasteiger partial charge is 0.0962 e. The number of hydrogen-bond acceptors (Lipinski definition) is 3. The SMILES string of the molecule is CCCNCc1sc(C(CC)CC)nc1C(C)(C)C. The van der Waals surface area contributed by atoms with E-state index in [0.717, 1.165) is 13.1 Å². The number of nitrogens with one attached hydrogen (secondary N) is 1. The van der Waals surface area contributed by atoms with Crippen LogP contribution in [0.5, 0.6) is 0 Å². The van der Waals surface area contributed by atoms with Gasteiger partial charge in [0, 0.05) is 22.8 Å². The Morgan fingerprint density at radius 3 is 2.26 bits per heavy atom. The van der Waals surface area contributed by atoms with E-state index < -0.39 is 0 Å². The van der Waals surface area contributed by atoms with Gasteiger partial charge in [-0.25, -0.2) is 4.98 Å². The first kappa shape index (κ1) is 16.6. The number of thiazole rings is 1. The van der Waals surface area contributed by atoms with Crippen molar-refractivity contribution in [1.82, 2.24) is 10.3 Å². The molecule has 0 amide bonds. The molecule has 0 spiro atoms. The molecule has 0 aliphatic heterocycles. The van der Waals surface area contributed by atoms with E-state index in [1.165, 1.54) is 34.8 Å². The Morgan fingerprint density at radius 1 is 1.16 bits per heavy atom. The molecule has 1 rings (SSSR count). The van der Waals surface area contributed by atoms with Crippen molar-refractivity contribution in [1.29, 1.82) is 0 Å². The molecule has 0 radical (unpaired) electrons. The van der Waals surface area contributed by atoms with Gasteiger partial charge in [0.2, 0.25) is 0 Å². The first-order chi connectivity index (χ1) is 8.93. The molecule has 0 unspecified atom stereocenters. The van der Waals surface area contributed by atoms with Gasteiger partial charge in [-0.05, 0) is 25.8 Å². The standard InChI is InChI=1S/C16H30N2S/c1-7-10-17-11-13-14(16(4,5)6)18-15(19-13)12(8-2)9-3/h12,17H,7-11H2,1-6H3. The summed E-state index contributed by atoms with van der Waals surface area (Å²) in [5, 5.41) is 4.86.